The van der Waals surface area contributed by atoms with E-state index in [9.17, 15) is 0 Å². The van der Waals surface area contributed by atoms with Crippen LogP contribution < -0.4 is 10.6 Å². The summed E-state index contributed by atoms with van der Waals surface area (Å²) >= 11 is 12.3. The van der Waals surface area contributed by atoms with Crippen LogP contribution in [0.15, 0.2) is 23.2 Å². The highest BCUT2D eigenvalue weighted by atomic mass is 35.5. The third-order valence-electron chi connectivity index (χ3n) is 3.14. The summed E-state index contributed by atoms with van der Waals surface area (Å²) in [5.41, 5.74) is 0.949. The molecule has 0 heterocycles. The predicted molar refractivity (Wildman–Crippen MR) is 96.8 cm³/mol. The van der Waals surface area contributed by atoms with Gasteiger partial charge in [-0.05, 0) is 30.5 Å². The van der Waals surface area contributed by atoms with E-state index < -0.39 is 0 Å². The van der Waals surface area contributed by atoms with E-state index in [1.165, 1.54) is 0 Å². The number of guanidine groups is 1. The molecule has 0 fully saturated rings. The molecule has 130 valence electrons. The SMILES string of the molecule is CN=C(NCCCOCCOC)NCCc1c(Cl)cccc1Cl. The number of aliphatic imine (C=N–C) groups is 1. The first kappa shape index (κ1) is 20.0. The quantitative estimate of drug-likeness (QED) is 0.382. The van der Waals surface area contributed by atoms with Crippen LogP contribution in [0.1, 0.15) is 12.0 Å². The van der Waals surface area contributed by atoms with Crippen LogP contribution in [0.5, 0.6) is 0 Å². The number of halogens is 2. The van der Waals surface area contributed by atoms with Gasteiger partial charge in [0.15, 0.2) is 5.96 Å². The molecular weight excluding hydrogens is 337 g/mol. The fraction of sp³-hybridized carbons (Fsp3) is 0.562. The molecule has 7 heteroatoms. The molecule has 1 rings (SSSR count). The number of rotatable bonds is 10. The molecule has 23 heavy (non-hydrogen) atoms. The van der Waals surface area contributed by atoms with Crippen molar-refractivity contribution >= 4 is 29.2 Å². The van der Waals surface area contributed by atoms with Gasteiger partial charge in [-0.25, -0.2) is 0 Å². The number of ether oxygens (including phenoxy) is 2. The molecule has 0 spiro atoms. The van der Waals surface area contributed by atoms with Crippen molar-refractivity contribution < 1.29 is 9.47 Å². The van der Waals surface area contributed by atoms with Crippen LogP contribution in [0.4, 0.5) is 0 Å². The fourth-order valence-corrected chi connectivity index (χ4v) is 2.51. The van der Waals surface area contributed by atoms with Crippen molar-refractivity contribution in [3.63, 3.8) is 0 Å². The molecule has 1 aromatic carbocycles. The lowest BCUT2D eigenvalue weighted by Crippen LogP contribution is -2.39. The summed E-state index contributed by atoms with van der Waals surface area (Å²) in [5.74, 6) is 0.755. The second-order valence-electron chi connectivity index (χ2n) is 4.83. The predicted octanol–water partition coefficient (Wildman–Crippen LogP) is 2.75. The van der Waals surface area contributed by atoms with E-state index in [0.29, 0.717) is 36.4 Å². The number of nitrogens with one attached hydrogen (secondary N) is 2. The van der Waals surface area contributed by atoms with Crippen LogP contribution in [0.2, 0.25) is 10.0 Å². The molecule has 0 saturated carbocycles. The maximum absolute atomic E-state index is 6.15. The zero-order chi connectivity index (χ0) is 16.9. The van der Waals surface area contributed by atoms with Crippen molar-refractivity contribution in [1.82, 2.24) is 10.6 Å². The van der Waals surface area contributed by atoms with Gasteiger partial charge in [0.1, 0.15) is 0 Å². The Bertz CT molecular complexity index is 464. The number of benzene rings is 1. The average Bonchev–Trinajstić information content (AvgIpc) is 2.54. The standard InChI is InChI=1S/C16H25Cl2N3O2/c1-19-16(20-8-4-10-23-12-11-22-2)21-9-7-13-14(17)5-3-6-15(13)18/h3,5-6H,4,7-12H2,1-2H3,(H2,19,20,21). The molecular formula is C16H25Cl2N3O2. The van der Waals surface area contributed by atoms with E-state index in [0.717, 1.165) is 30.9 Å². The number of nitrogens with zero attached hydrogens (tertiary/aromatic N) is 1. The first-order valence-corrected chi connectivity index (χ1v) is 8.38. The minimum absolute atomic E-state index is 0.626. The summed E-state index contributed by atoms with van der Waals surface area (Å²) in [6, 6.07) is 5.54. The molecule has 0 unspecified atom stereocenters. The van der Waals surface area contributed by atoms with Crippen molar-refractivity contribution in [2.45, 2.75) is 12.8 Å². The molecule has 0 radical (unpaired) electrons. The lowest BCUT2D eigenvalue weighted by Gasteiger charge is -2.13. The monoisotopic (exact) mass is 361 g/mol. The molecule has 2 N–H and O–H groups in total. The Kier molecular flexibility index (Phi) is 10.8. The Labute approximate surface area is 148 Å². The molecule has 1 aromatic rings. The number of methoxy groups -OCH3 is 1. The smallest absolute Gasteiger partial charge is 0.190 e. The molecule has 0 aliphatic rings. The van der Waals surface area contributed by atoms with Crippen molar-refractivity contribution in [2.24, 2.45) is 4.99 Å². The third-order valence-corrected chi connectivity index (χ3v) is 3.85. The van der Waals surface area contributed by atoms with Gasteiger partial charge >= 0.3 is 0 Å². The zero-order valence-electron chi connectivity index (χ0n) is 13.7. The van der Waals surface area contributed by atoms with Crippen LogP contribution in [0.3, 0.4) is 0 Å². The second kappa shape index (κ2) is 12.4. The molecule has 0 aliphatic carbocycles. The second-order valence-corrected chi connectivity index (χ2v) is 5.65. The lowest BCUT2D eigenvalue weighted by molar-refractivity contribution is 0.0698. The fourth-order valence-electron chi connectivity index (χ4n) is 1.92. The highest BCUT2D eigenvalue weighted by Gasteiger charge is 2.05. The summed E-state index contributed by atoms with van der Waals surface area (Å²) in [5, 5.41) is 7.86. The van der Waals surface area contributed by atoms with Crippen molar-refractivity contribution in [3.05, 3.63) is 33.8 Å². The molecule has 5 nitrogen and oxygen atoms in total. The van der Waals surface area contributed by atoms with Gasteiger partial charge in [0.2, 0.25) is 0 Å². The molecule has 0 bridgehead atoms. The van der Waals surface area contributed by atoms with E-state index >= 15 is 0 Å². The summed E-state index contributed by atoms with van der Waals surface area (Å²) < 4.78 is 10.3. The Hall–Kier alpha value is -1.01. The lowest BCUT2D eigenvalue weighted by atomic mass is 10.1. The number of hydrogen-bond donors (Lipinski definition) is 2. The van der Waals surface area contributed by atoms with E-state index in [-0.39, 0.29) is 0 Å². The Morgan fingerprint density at radius 2 is 1.78 bits per heavy atom. The normalized spacial score (nSPS) is 11.6. The van der Waals surface area contributed by atoms with Gasteiger partial charge in [0, 0.05) is 43.9 Å². The van der Waals surface area contributed by atoms with E-state index in [1.807, 2.05) is 18.2 Å². The van der Waals surface area contributed by atoms with Crippen molar-refractivity contribution in [3.8, 4) is 0 Å². The molecule has 0 aliphatic heterocycles. The van der Waals surface area contributed by atoms with Gasteiger partial charge < -0.3 is 20.1 Å². The Balaban J connectivity index is 2.19. The topological polar surface area (TPSA) is 54.9 Å². The minimum Gasteiger partial charge on any atom is -0.382 e. The van der Waals surface area contributed by atoms with Crippen molar-refractivity contribution in [2.75, 3.05) is 47.1 Å². The third kappa shape index (κ3) is 8.42. The summed E-state index contributed by atoms with van der Waals surface area (Å²) in [6.07, 6.45) is 1.64. The maximum Gasteiger partial charge on any atom is 0.190 e. The molecule has 0 atom stereocenters. The van der Waals surface area contributed by atoms with Gasteiger partial charge in [-0.2, -0.15) is 0 Å². The highest BCUT2D eigenvalue weighted by molar-refractivity contribution is 6.35. The van der Waals surface area contributed by atoms with E-state index in [4.69, 9.17) is 32.7 Å². The first-order chi connectivity index (χ1) is 11.2. The largest absolute Gasteiger partial charge is 0.382 e. The molecule has 0 aromatic heterocycles. The molecule has 0 saturated heterocycles. The number of hydrogen-bond acceptors (Lipinski definition) is 3. The van der Waals surface area contributed by atoms with Crippen LogP contribution >= 0.6 is 23.2 Å². The Morgan fingerprint density at radius 1 is 1.09 bits per heavy atom. The van der Waals surface area contributed by atoms with Crippen molar-refractivity contribution in [1.29, 1.82) is 0 Å². The summed E-state index contributed by atoms with van der Waals surface area (Å²) in [6.45, 7) is 3.44. The molecule has 0 amide bonds. The van der Waals surface area contributed by atoms with Gasteiger partial charge in [-0.1, -0.05) is 29.3 Å². The van der Waals surface area contributed by atoms with Crippen LogP contribution in [-0.2, 0) is 15.9 Å². The van der Waals surface area contributed by atoms with Crippen LogP contribution in [0.25, 0.3) is 0 Å². The van der Waals surface area contributed by atoms with Crippen LogP contribution in [-0.4, -0.2) is 53.0 Å². The average molecular weight is 362 g/mol. The minimum atomic E-state index is 0.626. The summed E-state index contributed by atoms with van der Waals surface area (Å²) in [4.78, 5) is 4.18. The van der Waals surface area contributed by atoms with Gasteiger partial charge in [0.25, 0.3) is 0 Å². The first-order valence-electron chi connectivity index (χ1n) is 7.63. The Morgan fingerprint density at radius 3 is 2.43 bits per heavy atom. The highest BCUT2D eigenvalue weighted by Crippen LogP contribution is 2.24. The summed E-state index contributed by atoms with van der Waals surface area (Å²) in [7, 11) is 3.41. The zero-order valence-corrected chi connectivity index (χ0v) is 15.2. The van der Waals surface area contributed by atoms with Gasteiger partial charge in [-0.15, -0.1) is 0 Å². The van der Waals surface area contributed by atoms with Crippen LogP contribution in [0, 0.1) is 0 Å². The van der Waals surface area contributed by atoms with E-state index in [2.05, 4.69) is 15.6 Å². The van der Waals surface area contributed by atoms with Gasteiger partial charge in [-0.3, -0.25) is 4.99 Å². The van der Waals surface area contributed by atoms with Gasteiger partial charge in [0.05, 0.1) is 13.2 Å². The van der Waals surface area contributed by atoms with E-state index in [1.54, 1.807) is 14.2 Å². The maximum atomic E-state index is 6.15.